The molecule has 0 spiro atoms. The molecule has 2 aromatic rings. The van der Waals surface area contributed by atoms with Crippen LogP contribution in [-0.2, 0) is 4.79 Å². The van der Waals surface area contributed by atoms with Crippen LogP contribution in [0.5, 0.6) is 0 Å². The fourth-order valence-corrected chi connectivity index (χ4v) is 6.72. The smallest absolute Gasteiger partial charge is 0.239 e. The van der Waals surface area contributed by atoms with Crippen molar-refractivity contribution in [1.82, 2.24) is 9.91 Å². The lowest BCUT2D eigenvalue weighted by molar-refractivity contribution is -0.124. The molecule has 0 N–H and O–H groups in total. The Morgan fingerprint density at radius 3 is 2.52 bits per heavy atom. The van der Waals surface area contributed by atoms with E-state index in [9.17, 15) is 4.79 Å². The van der Waals surface area contributed by atoms with Gasteiger partial charge in [0.25, 0.3) is 0 Å². The van der Waals surface area contributed by atoms with E-state index in [1.54, 1.807) is 35.3 Å². The summed E-state index contributed by atoms with van der Waals surface area (Å²) in [5.41, 5.74) is 3.62. The van der Waals surface area contributed by atoms with Gasteiger partial charge in [0.05, 0.1) is 5.75 Å². The third-order valence-electron chi connectivity index (χ3n) is 4.66. The van der Waals surface area contributed by atoms with Gasteiger partial charge < -0.3 is 0 Å². The molecule has 0 aromatic heterocycles. The first-order valence-electron chi connectivity index (χ1n) is 8.67. The van der Waals surface area contributed by atoms with Gasteiger partial charge in [0.2, 0.25) is 5.91 Å². The number of hydrogen-bond donors (Lipinski definition) is 0. The van der Waals surface area contributed by atoms with Crippen molar-refractivity contribution in [2.45, 2.75) is 17.7 Å². The number of amidine groups is 1. The van der Waals surface area contributed by atoms with E-state index in [0.29, 0.717) is 5.75 Å². The second-order valence-corrected chi connectivity index (χ2v) is 9.53. The Balaban J connectivity index is 1.44. The van der Waals surface area contributed by atoms with Gasteiger partial charge in [-0.15, -0.1) is 16.9 Å². The van der Waals surface area contributed by atoms with Crippen molar-refractivity contribution >= 4 is 46.4 Å². The summed E-state index contributed by atoms with van der Waals surface area (Å²) in [6, 6.07) is 18.8. The summed E-state index contributed by atoms with van der Waals surface area (Å²) in [6.07, 6.45) is 0. The quantitative estimate of drug-likeness (QED) is 0.684. The number of amides is 1. The van der Waals surface area contributed by atoms with Gasteiger partial charge in [-0.05, 0) is 29.8 Å². The maximum Gasteiger partial charge on any atom is 0.239 e. The molecule has 0 aliphatic carbocycles. The Kier molecular flexibility index (Phi) is 4.46. The van der Waals surface area contributed by atoms with E-state index in [1.807, 2.05) is 28.1 Å². The molecule has 5 rings (SSSR count). The van der Waals surface area contributed by atoms with Crippen molar-refractivity contribution in [3.63, 3.8) is 0 Å². The normalized spacial score (nSPS) is 24.3. The van der Waals surface area contributed by atoms with Crippen LogP contribution in [0.25, 0.3) is 0 Å². The van der Waals surface area contributed by atoms with Gasteiger partial charge in [-0.3, -0.25) is 9.69 Å². The molecule has 2 unspecified atom stereocenters. The van der Waals surface area contributed by atoms with Crippen LogP contribution in [0.4, 0.5) is 0 Å². The van der Waals surface area contributed by atoms with E-state index in [2.05, 4.69) is 48.7 Å². The minimum Gasteiger partial charge on any atom is -0.273 e. The van der Waals surface area contributed by atoms with Crippen LogP contribution in [0.2, 0.25) is 0 Å². The minimum absolute atomic E-state index is 0.00365. The zero-order valence-electron chi connectivity index (χ0n) is 14.6. The number of carbonyl (C=O) groups excluding carboxylic acids is 1. The lowest BCUT2D eigenvalue weighted by Gasteiger charge is -2.23. The van der Waals surface area contributed by atoms with E-state index < -0.39 is 0 Å². The number of aryl methyl sites for hydroxylation is 1. The van der Waals surface area contributed by atoms with Crippen molar-refractivity contribution in [2.24, 2.45) is 5.10 Å². The highest BCUT2D eigenvalue weighted by molar-refractivity contribution is 8.18. The minimum atomic E-state index is -0.00365. The zero-order chi connectivity index (χ0) is 18.4. The summed E-state index contributed by atoms with van der Waals surface area (Å²) in [4.78, 5) is 14.5. The van der Waals surface area contributed by atoms with Crippen molar-refractivity contribution < 1.29 is 4.79 Å². The van der Waals surface area contributed by atoms with Crippen LogP contribution >= 0.6 is 35.3 Å². The molecule has 1 fully saturated rings. The fraction of sp³-hybridized carbons (Fsp3) is 0.200. The predicted octanol–water partition coefficient (Wildman–Crippen LogP) is 5.13. The molecule has 2 aromatic carbocycles. The summed E-state index contributed by atoms with van der Waals surface area (Å²) in [6.45, 7) is 2.09. The van der Waals surface area contributed by atoms with Crippen LogP contribution in [0.3, 0.4) is 0 Å². The number of hydrazone groups is 1. The molecule has 136 valence electrons. The number of thioether (sulfide) groups is 3. The van der Waals surface area contributed by atoms with E-state index in [0.717, 1.165) is 15.8 Å². The van der Waals surface area contributed by atoms with E-state index in [-0.39, 0.29) is 16.7 Å². The molecule has 0 bridgehead atoms. The Hall–Kier alpha value is -1.83. The maximum atomic E-state index is 12.6. The largest absolute Gasteiger partial charge is 0.273 e. The number of carbonyl (C=O) groups is 1. The number of fused-ring (bicyclic) bond motifs is 1. The molecule has 27 heavy (non-hydrogen) atoms. The Morgan fingerprint density at radius 1 is 1.00 bits per heavy atom. The average Bonchev–Trinajstić information content (AvgIpc) is 3.37. The lowest BCUT2D eigenvalue weighted by atomic mass is 10.1. The standard InChI is InChI=1S/C20H17N3OS3/c1-13-7-9-15(10-8-13)19-23-17(12-26-19)27-20(21-23)22-16(24)11-25-18(22)14-5-3-2-4-6-14/h2-10,12,18-19H,11H2,1H3. The molecule has 0 radical (unpaired) electrons. The first-order chi connectivity index (χ1) is 13.2. The zero-order valence-corrected chi connectivity index (χ0v) is 17.1. The summed E-state index contributed by atoms with van der Waals surface area (Å²) in [7, 11) is 0. The Labute approximate surface area is 171 Å². The third-order valence-corrected chi connectivity index (χ3v) is 8.08. The second kappa shape index (κ2) is 6.96. The SMILES string of the molecule is Cc1ccc(C2SC=C3SC(N4C(=O)CSC4c4ccccc4)=NN32)cc1. The van der Waals surface area contributed by atoms with Gasteiger partial charge in [-0.25, -0.2) is 5.01 Å². The topological polar surface area (TPSA) is 35.9 Å². The second-order valence-electron chi connectivity index (χ2n) is 6.52. The van der Waals surface area contributed by atoms with Crippen LogP contribution in [0, 0.1) is 6.92 Å². The van der Waals surface area contributed by atoms with Crippen molar-refractivity contribution in [1.29, 1.82) is 0 Å². The summed E-state index contributed by atoms with van der Waals surface area (Å²) in [5.74, 6) is 0.621. The number of nitrogens with zero attached hydrogens (tertiary/aromatic N) is 3. The molecule has 1 saturated heterocycles. The predicted molar refractivity (Wildman–Crippen MR) is 115 cm³/mol. The van der Waals surface area contributed by atoms with Gasteiger partial charge >= 0.3 is 0 Å². The monoisotopic (exact) mass is 411 g/mol. The maximum absolute atomic E-state index is 12.6. The Bertz CT molecular complexity index is 943. The molecule has 2 atom stereocenters. The first-order valence-corrected chi connectivity index (χ1v) is 11.5. The first kappa shape index (κ1) is 17.3. The highest BCUT2D eigenvalue weighted by atomic mass is 32.2. The molecule has 1 amide bonds. The van der Waals surface area contributed by atoms with Crippen molar-refractivity contribution in [3.8, 4) is 0 Å². The van der Waals surface area contributed by atoms with E-state index in [1.165, 1.54) is 11.1 Å². The molecule has 7 heteroatoms. The van der Waals surface area contributed by atoms with Crippen LogP contribution in [0.15, 0.2) is 70.1 Å². The Morgan fingerprint density at radius 2 is 1.74 bits per heavy atom. The van der Waals surface area contributed by atoms with Gasteiger partial charge in [0.15, 0.2) is 5.17 Å². The van der Waals surface area contributed by atoms with Gasteiger partial charge in [0, 0.05) is 5.41 Å². The third kappa shape index (κ3) is 3.07. The highest BCUT2D eigenvalue weighted by Gasteiger charge is 2.42. The van der Waals surface area contributed by atoms with Gasteiger partial charge in [-0.2, -0.15) is 0 Å². The number of benzene rings is 2. The summed E-state index contributed by atoms with van der Waals surface area (Å²) >= 11 is 5.02. The van der Waals surface area contributed by atoms with Gasteiger partial charge in [-0.1, -0.05) is 71.9 Å². The van der Waals surface area contributed by atoms with Gasteiger partial charge in [0.1, 0.15) is 15.8 Å². The van der Waals surface area contributed by atoms with Crippen molar-refractivity contribution in [2.75, 3.05) is 5.75 Å². The molecule has 3 heterocycles. The van der Waals surface area contributed by atoms with E-state index in [4.69, 9.17) is 5.10 Å². The number of hydrogen-bond acceptors (Lipinski definition) is 6. The molecule has 3 aliphatic heterocycles. The molecule has 3 aliphatic rings. The summed E-state index contributed by atoms with van der Waals surface area (Å²) < 4.78 is 0. The van der Waals surface area contributed by atoms with Crippen molar-refractivity contribution in [3.05, 3.63) is 81.7 Å². The number of rotatable bonds is 2. The van der Waals surface area contributed by atoms with Crippen LogP contribution in [-0.4, -0.2) is 26.7 Å². The molecular formula is C20H17N3OS3. The summed E-state index contributed by atoms with van der Waals surface area (Å²) in [5, 5.41) is 11.1. The van der Waals surface area contributed by atoms with Crippen LogP contribution in [0.1, 0.15) is 27.4 Å². The van der Waals surface area contributed by atoms with E-state index >= 15 is 0 Å². The molecule has 4 nitrogen and oxygen atoms in total. The molecular weight excluding hydrogens is 394 g/mol. The molecule has 0 saturated carbocycles. The highest BCUT2D eigenvalue weighted by Crippen LogP contribution is 2.52. The average molecular weight is 412 g/mol. The fourth-order valence-electron chi connectivity index (χ4n) is 3.27. The lowest BCUT2D eigenvalue weighted by Crippen LogP contribution is -2.32. The van der Waals surface area contributed by atoms with Crippen LogP contribution < -0.4 is 0 Å².